The number of nitrogens with zero attached hydrogens (tertiary/aromatic N) is 1. The van der Waals surface area contributed by atoms with Crippen molar-refractivity contribution in [3.05, 3.63) is 53.2 Å². The zero-order valence-corrected chi connectivity index (χ0v) is 10.6. The van der Waals surface area contributed by atoms with Crippen LogP contribution in [0.1, 0.15) is 5.56 Å². The van der Waals surface area contributed by atoms with Gasteiger partial charge in [-0.05, 0) is 35.9 Å². The van der Waals surface area contributed by atoms with Crippen LogP contribution in [0.15, 0.2) is 47.5 Å². The Morgan fingerprint density at radius 2 is 2.18 bits per heavy atom. The van der Waals surface area contributed by atoms with Crippen molar-refractivity contribution in [1.82, 2.24) is 4.98 Å². The quantitative estimate of drug-likeness (QED) is 0.506. The molecule has 0 aliphatic heterocycles. The molecule has 2 rings (SSSR count). The van der Waals surface area contributed by atoms with E-state index in [1.807, 2.05) is 36.4 Å². The molecule has 3 N–H and O–H groups in total. The molecule has 0 bridgehead atoms. The molecule has 0 radical (unpaired) electrons. The minimum atomic E-state index is 0.675. The van der Waals surface area contributed by atoms with Crippen LogP contribution in [0.3, 0.4) is 0 Å². The van der Waals surface area contributed by atoms with E-state index in [-0.39, 0.29) is 0 Å². The van der Waals surface area contributed by atoms with Gasteiger partial charge >= 0.3 is 0 Å². The fourth-order valence-electron chi connectivity index (χ4n) is 1.37. The molecule has 17 heavy (non-hydrogen) atoms. The van der Waals surface area contributed by atoms with E-state index in [4.69, 9.17) is 17.4 Å². The van der Waals surface area contributed by atoms with E-state index < -0.39 is 0 Å². The average molecular weight is 266 g/mol. The topological polar surface area (TPSA) is 50.9 Å². The maximum Gasteiger partial charge on any atom is 0.140 e. The van der Waals surface area contributed by atoms with Gasteiger partial charge in [-0.25, -0.2) is 10.8 Å². The van der Waals surface area contributed by atoms with Crippen molar-refractivity contribution < 1.29 is 0 Å². The van der Waals surface area contributed by atoms with E-state index in [0.717, 1.165) is 21.2 Å². The number of halogens is 1. The number of nitrogens with two attached hydrogens (primary N) is 1. The van der Waals surface area contributed by atoms with Crippen molar-refractivity contribution in [2.45, 2.75) is 10.6 Å². The van der Waals surface area contributed by atoms with Gasteiger partial charge < -0.3 is 5.43 Å². The minimum Gasteiger partial charge on any atom is -0.308 e. The number of aromatic nitrogens is 1. The Morgan fingerprint density at radius 1 is 1.29 bits per heavy atom. The predicted octanol–water partition coefficient (Wildman–Crippen LogP) is 3.31. The first-order valence-corrected chi connectivity index (χ1v) is 6.44. The lowest BCUT2D eigenvalue weighted by Crippen LogP contribution is -2.08. The fourth-order valence-corrected chi connectivity index (χ4v) is 2.52. The fraction of sp³-hybridized carbons (Fsp3) is 0.0833. The lowest BCUT2D eigenvalue weighted by molar-refractivity contribution is 1.20. The molecule has 88 valence electrons. The highest BCUT2D eigenvalue weighted by Gasteiger charge is 1.99. The van der Waals surface area contributed by atoms with Crippen molar-refractivity contribution in [3.63, 3.8) is 0 Å². The van der Waals surface area contributed by atoms with Crippen LogP contribution in [0.5, 0.6) is 0 Å². The zero-order valence-electron chi connectivity index (χ0n) is 9.06. The van der Waals surface area contributed by atoms with Crippen LogP contribution < -0.4 is 11.3 Å². The van der Waals surface area contributed by atoms with E-state index in [1.165, 1.54) is 0 Å². The van der Waals surface area contributed by atoms with Crippen LogP contribution in [-0.2, 0) is 5.75 Å². The first kappa shape index (κ1) is 12.2. The number of hydrogen-bond donors (Lipinski definition) is 2. The van der Waals surface area contributed by atoms with Crippen molar-refractivity contribution in [2.75, 3.05) is 5.43 Å². The van der Waals surface area contributed by atoms with E-state index in [2.05, 4.69) is 10.4 Å². The van der Waals surface area contributed by atoms with E-state index >= 15 is 0 Å². The van der Waals surface area contributed by atoms with Gasteiger partial charge in [0.1, 0.15) is 5.82 Å². The molecule has 0 atom stereocenters. The molecule has 0 amide bonds. The van der Waals surface area contributed by atoms with Crippen molar-refractivity contribution in [2.24, 2.45) is 5.84 Å². The van der Waals surface area contributed by atoms with E-state index in [0.29, 0.717) is 5.82 Å². The van der Waals surface area contributed by atoms with E-state index in [1.54, 1.807) is 18.0 Å². The van der Waals surface area contributed by atoms with Gasteiger partial charge in [0, 0.05) is 21.9 Å². The smallest absolute Gasteiger partial charge is 0.140 e. The molecule has 0 aliphatic carbocycles. The molecule has 0 spiro atoms. The summed E-state index contributed by atoms with van der Waals surface area (Å²) in [5.74, 6) is 6.84. The van der Waals surface area contributed by atoms with Gasteiger partial charge in [0.25, 0.3) is 0 Å². The third kappa shape index (κ3) is 3.63. The maximum atomic E-state index is 5.92. The van der Waals surface area contributed by atoms with Gasteiger partial charge in [0.15, 0.2) is 0 Å². The average Bonchev–Trinajstić information content (AvgIpc) is 2.37. The van der Waals surface area contributed by atoms with Crippen LogP contribution in [0, 0.1) is 0 Å². The van der Waals surface area contributed by atoms with Gasteiger partial charge in [-0.15, -0.1) is 11.8 Å². The summed E-state index contributed by atoms with van der Waals surface area (Å²) >= 11 is 7.65. The number of thioether (sulfide) groups is 1. The van der Waals surface area contributed by atoms with Crippen molar-refractivity contribution in [3.8, 4) is 0 Å². The second-order valence-corrected chi connectivity index (χ2v) is 4.92. The molecule has 1 aromatic heterocycles. The summed E-state index contributed by atoms with van der Waals surface area (Å²) in [5, 5.41) is 0.758. The molecule has 0 fully saturated rings. The number of hydrogen-bond acceptors (Lipinski definition) is 4. The monoisotopic (exact) mass is 265 g/mol. The minimum absolute atomic E-state index is 0.675. The highest BCUT2D eigenvalue weighted by atomic mass is 35.5. The number of nitrogens with one attached hydrogen (secondary N) is 1. The van der Waals surface area contributed by atoms with Gasteiger partial charge in [-0.3, -0.25) is 0 Å². The molecule has 0 saturated carbocycles. The van der Waals surface area contributed by atoms with Crippen LogP contribution in [0.2, 0.25) is 5.02 Å². The van der Waals surface area contributed by atoms with Gasteiger partial charge in [0.05, 0.1) is 0 Å². The Bertz CT molecular complexity index is 505. The Kier molecular flexibility index (Phi) is 4.25. The number of pyridine rings is 1. The summed E-state index contributed by atoms with van der Waals surface area (Å²) in [6.45, 7) is 0. The molecule has 3 nitrogen and oxygen atoms in total. The third-order valence-corrected chi connectivity index (χ3v) is 3.47. The van der Waals surface area contributed by atoms with Crippen molar-refractivity contribution in [1.29, 1.82) is 0 Å². The zero-order chi connectivity index (χ0) is 12.1. The van der Waals surface area contributed by atoms with Gasteiger partial charge in [-0.2, -0.15) is 0 Å². The Hall–Kier alpha value is -1.23. The number of rotatable bonds is 4. The molecular weight excluding hydrogens is 254 g/mol. The second-order valence-electron chi connectivity index (χ2n) is 3.44. The standard InChI is InChI=1S/C12H12ClN3S/c13-10-2-1-3-11(7-10)17-8-9-4-5-15-12(6-9)16-14/h1-7H,8,14H2,(H,15,16). The number of benzene rings is 1. The highest BCUT2D eigenvalue weighted by Crippen LogP contribution is 2.25. The Balaban J connectivity index is 2.02. The van der Waals surface area contributed by atoms with Crippen LogP contribution in [-0.4, -0.2) is 4.98 Å². The number of nitrogen functional groups attached to an aromatic ring is 1. The molecule has 2 aromatic rings. The summed E-state index contributed by atoms with van der Waals surface area (Å²) in [6, 6.07) is 11.7. The second kappa shape index (κ2) is 5.91. The van der Waals surface area contributed by atoms with Crippen LogP contribution >= 0.6 is 23.4 Å². The lowest BCUT2D eigenvalue weighted by atomic mass is 10.3. The SMILES string of the molecule is NNc1cc(CSc2cccc(Cl)c2)ccn1. The van der Waals surface area contributed by atoms with Crippen molar-refractivity contribution >= 4 is 29.2 Å². The normalized spacial score (nSPS) is 10.2. The van der Waals surface area contributed by atoms with Gasteiger partial charge in [0.2, 0.25) is 0 Å². The maximum absolute atomic E-state index is 5.92. The van der Waals surface area contributed by atoms with Crippen LogP contribution in [0.4, 0.5) is 5.82 Å². The number of hydrazine groups is 1. The van der Waals surface area contributed by atoms with Crippen LogP contribution in [0.25, 0.3) is 0 Å². The predicted molar refractivity (Wildman–Crippen MR) is 73.1 cm³/mol. The summed E-state index contributed by atoms with van der Waals surface area (Å²) in [5.41, 5.74) is 3.70. The highest BCUT2D eigenvalue weighted by molar-refractivity contribution is 7.98. The molecule has 0 unspecified atom stereocenters. The molecular formula is C12H12ClN3S. The lowest BCUT2D eigenvalue weighted by Gasteiger charge is -2.04. The first-order chi connectivity index (χ1) is 8.28. The molecule has 0 aliphatic rings. The summed E-state index contributed by atoms with van der Waals surface area (Å²) in [6.07, 6.45) is 1.74. The molecule has 5 heteroatoms. The Morgan fingerprint density at radius 3 is 2.94 bits per heavy atom. The van der Waals surface area contributed by atoms with Gasteiger partial charge in [-0.1, -0.05) is 17.7 Å². The largest absolute Gasteiger partial charge is 0.308 e. The Labute approximate surface area is 109 Å². The number of anilines is 1. The molecule has 0 saturated heterocycles. The molecule has 1 heterocycles. The van der Waals surface area contributed by atoms with E-state index in [9.17, 15) is 0 Å². The summed E-state index contributed by atoms with van der Waals surface area (Å²) in [7, 11) is 0. The summed E-state index contributed by atoms with van der Waals surface area (Å²) in [4.78, 5) is 5.21. The third-order valence-electron chi connectivity index (χ3n) is 2.17. The molecule has 1 aromatic carbocycles. The first-order valence-electron chi connectivity index (χ1n) is 5.08. The summed E-state index contributed by atoms with van der Waals surface area (Å²) < 4.78 is 0.